The molecule has 1 saturated heterocycles. The number of carbonyl (C=O) groups excluding carboxylic acids is 2. The van der Waals surface area contributed by atoms with Crippen LogP contribution in [0.15, 0.2) is 18.2 Å². The number of alkyl halides is 3. The van der Waals surface area contributed by atoms with E-state index >= 15 is 0 Å². The lowest BCUT2D eigenvalue weighted by Crippen LogP contribution is -2.49. The maximum atomic E-state index is 14.3. The predicted octanol–water partition coefficient (Wildman–Crippen LogP) is 3.74. The van der Waals surface area contributed by atoms with Crippen LogP contribution in [0.5, 0.6) is 0 Å². The standard InChI is InChI=1S/C16H15Cl2F2NO2/c17-14(18)9-2-1-3-10(20)11(9)12-13(22)16(21-15(12)23)6-4-8(19)5-7-16/h1-3,8,12,14H,4-7H2,(H,21,23). The van der Waals surface area contributed by atoms with Crippen molar-refractivity contribution in [2.24, 2.45) is 0 Å². The van der Waals surface area contributed by atoms with Crippen LogP contribution in [0.3, 0.4) is 0 Å². The summed E-state index contributed by atoms with van der Waals surface area (Å²) in [6, 6.07) is 4.08. The first-order chi connectivity index (χ1) is 10.9. The molecule has 1 aromatic carbocycles. The highest BCUT2D eigenvalue weighted by atomic mass is 35.5. The van der Waals surface area contributed by atoms with Crippen molar-refractivity contribution < 1.29 is 18.4 Å². The van der Waals surface area contributed by atoms with Gasteiger partial charge in [0.2, 0.25) is 5.91 Å². The van der Waals surface area contributed by atoms with Gasteiger partial charge >= 0.3 is 0 Å². The minimum atomic E-state index is -1.29. The Morgan fingerprint density at radius 2 is 1.87 bits per heavy atom. The van der Waals surface area contributed by atoms with E-state index in [1.165, 1.54) is 18.2 Å². The molecule has 1 amide bonds. The van der Waals surface area contributed by atoms with Crippen molar-refractivity contribution in [2.75, 3.05) is 0 Å². The van der Waals surface area contributed by atoms with Crippen molar-refractivity contribution in [3.63, 3.8) is 0 Å². The first-order valence-electron chi connectivity index (χ1n) is 7.42. The first kappa shape index (κ1) is 16.7. The molecule has 1 spiro atoms. The van der Waals surface area contributed by atoms with Crippen LogP contribution in [0.25, 0.3) is 0 Å². The quantitative estimate of drug-likeness (QED) is 0.644. The minimum absolute atomic E-state index is 0.0794. The summed E-state index contributed by atoms with van der Waals surface area (Å²) in [5, 5.41) is 2.67. The maximum Gasteiger partial charge on any atom is 0.236 e. The van der Waals surface area contributed by atoms with Crippen molar-refractivity contribution >= 4 is 34.9 Å². The van der Waals surface area contributed by atoms with Crippen LogP contribution in [-0.2, 0) is 9.59 Å². The molecular formula is C16H15Cl2F2NO2. The number of benzene rings is 1. The van der Waals surface area contributed by atoms with Crippen molar-refractivity contribution in [3.05, 3.63) is 35.1 Å². The molecule has 0 bridgehead atoms. The first-order valence-corrected chi connectivity index (χ1v) is 8.30. The third kappa shape index (κ3) is 2.74. The van der Waals surface area contributed by atoms with E-state index in [0.29, 0.717) is 0 Å². The van der Waals surface area contributed by atoms with Crippen LogP contribution in [-0.4, -0.2) is 23.4 Å². The molecule has 1 heterocycles. The van der Waals surface area contributed by atoms with E-state index in [0.717, 1.165) is 0 Å². The Balaban J connectivity index is 2.02. The van der Waals surface area contributed by atoms with E-state index in [1.807, 2.05) is 0 Å². The molecule has 1 aliphatic heterocycles. The molecule has 23 heavy (non-hydrogen) atoms. The van der Waals surface area contributed by atoms with Crippen LogP contribution in [0.4, 0.5) is 8.78 Å². The third-order valence-electron chi connectivity index (χ3n) is 4.74. The summed E-state index contributed by atoms with van der Waals surface area (Å²) in [4.78, 5) is 24.2. The largest absolute Gasteiger partial charge is 0.343 e. The normalized spacial score (nSPS) is 31.0. The molecule has 2 aliphatic rings. The highest BCUT2D eigenvalue weighted by Crippen LogP contribution is 2.43. The average Bonchev–Trinajstić information content (AvgIpc) is 2.73. The lowest BCUT2D eigenvalue weighted by molar-refractivity contribution is -0.126. The van der Waals surface area contributed by atoms with E-state index in [1.54, 1.807) is 0 Å². The monoisotopic (exact) mass is 361 g/mol. The van der Waals surface area contributed by atoms with Crippen molar-refractivity contribution in [1.29, 1.82) is 0 Å². The number of hydrogen-bond donors (Lipinski definition) is 1. The molecule has 1 aromatic rings. The topological polar surface area (TPSA) is 46.2 Å². The Kier molecular flexibility index (Phi) is 4.36. The lowest BCUT2D eigenvalue weighted by atomic mass is 9.76. The van der Waals surface area contributed by atoms with Crippen molar-refractivity contribution in [2.45, 2.75) is 48.1 Å². The van der Waals surface area contributed by atoms with Crippen LogP contribution < -0.4 is 5.32 Å². The summed E-state index contributed by atoms with van der Waals surface area (Å²) in [6.45, 7) is 0. The number of hydrogen-bond acceptors (Lipinski definition) is 2. The van der Waals surface area contributed by atoms with Gasteiger partial charge in [0, 0.05) is 5.56 Å². The Hall–Kier alpha value is -1.20. The summed E-state index contributed by atoms with van der Waals surface area (Å²) in [5.41, 5.74) is -0.972. The van der Waals surface area contributed by atoms with Gasteiger partial charge in [-0.25, -0.2) is 8.78 Å². The van der Waals surface area contributed by atoms with E-state index in [4.69, 9.17) is 23.2 Å². The van der Waals surface area contributed by atoms with Crippen molar-refractivity contribution in [1.82, 2.24) is 5.32 Å². The third-order valence-corrected chi connectivity index (χ3v) is 5.21. The van der Waals surface area contributed by atoms with E-state index in [-0.39, 0.29) is 36.8 Å². The van der Waals surface area contributed by atoms with Gasteiger partial charge in [-0.05, 0) is 37.3 Å². The maximum absolute atomic E-state index is 14.3. The van der Waals surface area contributed by atoms with Crippen LogP contribution in [0.2, 0.25) is 0 Å². The van der Waals surface area contributed by atoms with Gasteiger partial charge in [-0.15, -0.1) is 23.2 Å². The Bertz CT molecular complexity index is 657. The summed E-state index contributed by atoms with van der Waals surface area (Å²) in [7, 11) is 0. The van der Waals surface area contributed by atoms with Gasteiger partial charge < -0.3 is 5.32 Å². The molecule has 1 aliphatic carbocycles. The Morgan fingerprint density at radius 1 is 1.22 bits per heavy atom. The smallest absolute Gasteiger partial charge is 0.236 e. The molecule has 124 valence electrons. The van der Waals surface area contributed by atoms with Gasteiger partial charge in [-0.3, -0.25) is 9.59 Å². The molecule has 2 fully saturated rings. The second kappa shape index (κ2) is 6.02. The second-order valence-electron chi connectivity index (χ2n) is 6.09. The molecule has 1 saturated carbocycles. The molecule has 1 atom stereocenters. The van der Waals surface area contributed by atoms with E-state index < -0.39 is 40.0 Å². The highest BCUT2D eigenvalue weighted by Gasteiger charge is 2.55. The van der Waals surface area contributed by atoms with Gasteiger partial charge in [0.15, 0.2) is 5.78 Å². The highest BCUT2D eigenvalue weighted by molar-refractivity contribution is 6.44. The average molecular weight is 362 g/mol. The summed E-state index contributed by atoms with van der Waals surface area (Å²) in [6.07, 6.45) is -0.106. The molecule has 7 heteroatoms. The number of ketones is 1. The van der Waals surface area contributed by atoms with Gasteiger partial charge in [0.05, 0.1) is 5.54 Å². The fourth-order valence-corrected chi connectivity index (χ4v) is 3.90. The zero-order valence-corrected chi connectivity index (χ0v) is 13.6. The Labute approximate surface area is 142 Å². The summed E-state index contributed by atoms with van der Waals surface area (Å²) < 4.78 is 27.7. The van der Waals surface area contributed by atoms with E-state index in [9.17, 15) is 18.4 Å². The zero-order valence-electron chi connectivity index (χ0n) is 12.1. The van der Waals surface area contributed by atoms with Gasteiger partial charge in [-0.2, -0.15) is 0 Å². The van der Waals surface area contributed by atoms with Gasteiger partial charge in [-0.1, -0.05) is 12.1 Å². The summed E-state index contributed by atoms with van der Waals surface area (Å²) >= 11 is 11.7. The number of rotatable bonds is 2. The molecule has 3 nitrogen and oxygen atoms in total. The van der Waals surface area contributed by atoms with Gasteiger partial charge in [0.1, 0.15) is 22.7 Å². The van der Waals surface area contributed by atoms with Crippen LogP contribution in [0.1, 0.15) is 47.6 Å². The fraction of sp³-hybridized carbons (Fsp3) is 0.500. The fourth-order valence-electron chi connectivity index (χ4n) is 3.52. The molecule has 0 radical (unpaired) electrons. The van der Waals surface area contributed by atoms with Crippen LogP contribution in [0, 0.1) is 5.82 Å². The minimum Gasteiger partial charge on any atom is -0.343 e. The summed E-state index contributed by atoms with van der Waals surface area (Å²) in [5.74, 6) is -2.98. The molecule has 3 rings (SSSR count). The van der Waals surface area contributed by atoms with Gasteiger partial charge in [0.25, 0.3) is 0 Å². The van der Waals surface area contributed by atoms with Crippen LogP contribution >= 0.6 is 23.2 Å². The number of nitrogens with one attached hydrogen (secondary N) is 1. The van der Waals surface area contributed by atoms with E-state index in [2.05, 4.69) is 5.32 Å². The SMILES string of the molecule is O=C1NC2(CCC(F)CC2)C(=O)C1c1c(F)cccc1C(Cl)Cl. The predicted molar refractivity (Wildman–Crippen MR) is 82.8 cm³/mol. The molecule has 0 aromatic heterocycles. The molecule has 1 N–H and O–H groups in total. The number of halogens is 4. The molecular weight excluding hydrogens is 347 g/mol. The number of amides is 1. The van der Waals surface area contributed by atoms with Crippen molar-refractivity contribution in [3.8, 4) is 0 Å². The Morgan fingerprint density at radius 3 is 2.48 bits per heavy atom. The number of carbonyl (C=O) groups is 2. The molecule has 1 unspecified atom stereocenters. The number of Topliss-reactive ketones (excluding diaryl/α,β-unsaturated/α-hetero) is 1. The zero-order chi connectivity index (χ0) is 16.8. The lowest BCUT2D eigenvalue weighted by Gasteiger charge is -2.33. The second-order valence-corrected chi connectivity index (χ2v) is 7.18.